The van der Waals surface area contributed by atoms with Gasteiger partial charge in [-0.2, -0.15) is 0 Å². The summed E-state index contributed by atoms with van der Waals surface area (Å²) >= 11 is 0. The topological polar surface area (TPSA) is 38.0 Å². The van der Waals surface area contributed by atoms with E-state index in [0.717, 1.165) is 5.92 Å². The summed E-state index contributed by atoms with van der Waals surface area (Å²) in [6.45, 7) is 2.43. The molecular weight excluding hydrogens is 148 g/mol. The first-order chi connectivity index (χ1) is 5.79. The van der Waals surface area contributed by atoms with Crippen LogP contribution < -0.4 is 11.1 Å². The highest BCUT2D eigenvalue weighted by Gasteiger charge is 2.39. The van der Waals surface area contributed by atoms with Crippen molar-refractivity contribution in [3.8, 4) is 0 Å². The average Bonchev–Trinajstić information content (AvgIpc) is 2.78. The van der Waals surface area contributed by atoms with Gasteiger partial charge >= 0.3 is 0 Å². The van der Waals surface area contributed by atoms with Crippen LogP contribution in [0.3, 0.4) is 0 Å². The van der Waals surface area contributed by atoms with Gasteiger partial charge in [-0.25, -0.2) is 0 Å². The van der Waals surface area contributed by atoms with Gasteiger partial charge in [-0.05, 0) is 57.5 Å². The Balaban J connectivity index is 1.77. The Hall–Kier alpha value is -0.0800. The normalized spacial score (nSPS) is 34.2. The van der Waals surface area contributed by atoms with Gasteiger partial charge in [0.1, 0.15) is 0 Å². The van der Waals surface area contributed by atoms with Crippen LogP contribution in [0, 0.1) is 5.92 Å². The Morgan fingerprint density at radius 2 is 2.08 bits per heavy atom. The fourth-order valence-electron chi connectivity index (χ4n) is 2.23. The lowest BCUT2D eigenvalue weighted by Crippen LogP contribution is -2.25. The summed E-state index contributed by atoms with van der Waals surface area (Å²) < 4.78 is 0. The standard InChI is InChI=1S/C10H20N2/c11-10(4-5-10)8-9-2-1-6-12-7-3-9/h9,12H,1-8,11H2. The number of nitrogens with one attached hydrogen (secondary N) is 1. The van der Waals surface area contributed by atoms with E-state index in [9.17, 15) is 0 Å². The van der Waals surface area contributed by atoms with Gasteiger partial charge in [-0.3, -0.25) is 0 Å². The van der Waals surface area contributed by atoms with Crippen molar-refractivity contribution in [2.24, 2.45) is 11.7 Å². The van der Waals surface area contributed by atoms with Crippen LogP contribution in [-0.2, 0) is 0 Å². The summed E-state index contributed by atoms with van der Waals surface area (Å²) in [5.41, 5.74) is 6.38. The fourth-order valence-corrected chi connectivity index (χ4v) is 2.23. The van der Waals surface area contributed by atoms with Crippen LogP contribution in [0.15, 0.2) is 0 Å². The van der Waals surface area contributed by atoms with Crippen LogP contribution in [0.1, 0.15) is 38.5 Å². The number of hydrogen-bond donors (Lipinski definition) is 2. The summed E-state index contributed by atoms with van der Waals surface area (Å²) in [6, 6.07) is 0. The minimum absolute atomic E-state index is 0.273. The Morgan fingerprint density at radius 1 is 1.25 bits per heavy atom. The van der Waals surface area contributed by atoms with Gasteiger partial charge in [0.2, 0.25) is 0 Å². The molecule has 2 fully saturated rings. The maximum atomic E-state index is 6.11. The van der Waals surface area contributed by atoms with E-state index in [1.807, 2.05) is 0 Å². The Bertz CT molecular complexity index is 144. The van der Waals surface area contributed by atoms with E-state index in [2.05, 4.69) is 5.32 Å². The van der Waals surface area contributed by atoms with Gasteiger partial charge in [0.05, 0.1) is 0 Å². The Labute approximate surface area is 74.9 Å². The molecule has 0 spiro atoms. The molecule has 0 bridgehead atoms. The van der Waals surface area contributed by atoms with E-state index in [1.54, 1.807) is 0 Å². The highest BCUT2D eigenvalue weighted by Crippen LogP contribution is 2.40. The first-order valence-corrected chi connectivity index (χ1v) is 5.28. The van der Waals surface area contributed by atoms with E-state index in [1.165, 1.54) is 51.6 Å². The second kappa shape index (κ2) is 3.35. The first-order valence-electron chi connectivity index (χ1n) is 5.28. The van der Waals surface area contributed by atoms with Crippen LogP contribution in [0.2, 0.25) is 0 Å². The quantitative estimate of drug-likeness (QED) is 0.651. The van der Waals surface area contributed by atoms with Gasteiger partial charge in [-0.1, -0.05) is 0 Å². The van der Waals surface area contributed by atoms with Gasteiger partial charge in [0.15, 0.2) is 0 Å². The monoisotopic (exact) mass is 168 g/mol. The molecule has 0 aromatic carbocycles. The molecule has 1 unspecified atom stereocenters. The molecule has 1 atom stereocenters. The van der Waals surface area contributed by atoms with Gasteiger partial charge in [0.25, 0.3) is 0 Å². The zero-order valence-electron chi connectivity index (χ0n) is 7.81. The Morgan fingerprint density at radius 3 is 2.83 bits per heavy atom. The van der Waals surface area contributed by atoms with Crippen LogP contribution in [0.5, 0.6) is 0 Å². The summed E-state index contributed by atoms with van der Waals surface area (Å²) in [5.74, 6) is 0.910. The zero-order valence-corrected chi connectivity index (χ0v) is 7.81. The molecule has 3 N–H and O–H groups in total. The fraction of sp³-hybridized carbons (Fsp3) is 1.00. The largest absolute Gasteiger partial charge is 0.325 e. The molecule has 70 valence electrons. The summed E-state index contributed by atoms with van der Waals surface area (Å²) in [5, 5.41) is 3.44. The molecule has 0 radical (unpaired) electrons. The lowest BCUT2D eigenvalue weighted by atomic mass is 9.92. The molecule has 0 amide bonds. The average molecular weight is 168 g/mol. The molecule has 0 aromatic rings. The van der Waals surface area contributed by atoms with Gasteiger partial charge in [0, 0.05) is 5.54 Å². The second-order valence-corrected chi connectivity index (χ2v) is 4.61. The van der Waals surface area contributed by atoms with Crippen LogP contribution >= 0.6 is 0 Å². The molecule has 1 aliphatic heterocycles. The van der Waals surface area contributed by atoms with Crippen LogP contribution in [0.25, 0.3) is 0 Å². The van der Waals surface area contributed by atoms with Crippen LogP contribution in [0.4, 0.5) is 0 Å². The highest BCUT2D eigenvalue weighted by atomic mass is 14.9. The highest BCUT2D eigenvalue weighted by molar-refractivity contribution is 4.99. The van der Waals surface area contributed by atoms with E-state index in [-0.39, 0.29) is 5.54 Å². The molecule has 1 aliphatic carbocycles. The first kappa shape index (κ1) is 8.52. The summed E-state index contributed by atoms with van der Waals surface area (Å²) in [4.78, 5) is 0. The van der Waals surface area contributed by atoms with Crippen molar-refractivity contribution >= 4 is 0 Å². The predicted molar refractivity (Wildman–Crippen MR) is 51.0 cm³/mol. The minimum atomic E-state index is 0.273. The van der Waals surface area contributed by atoms with Gasteiger partial charge in [-0.15, -0.1) is 0 Å². The summed E-state index contributed by atoms with van der Waals surface area (Å²) in [7, 11) is 0. The third-order valence-corrected chi connectivity index (χ3v) is 3.28. The number of hydrogen-bond acceptors (Lipinski definition) is 2. The zero-order chi connectivity index (χ0) is 8.44. The van der Waals surface area contributed by atoms with Crippen molar-refractivity contribution in [3.63, 3.8) is 0 Å². The molecule has 2 heteroatoms. The SMILES string of the molecule is NC1(CC2CCCNCC2)CC1. The maximum Gasteiger partial charge on any atom is 0.0158 e. The van der Waals surface area contributed by atoms with E-state index in [0.29, 0.717) is 0 Å². The summed E-state index contributed by atoms with van der Waals surface area (Å²) in [6.07, 6.45) is 7.92. The third-order valence-electron chi connectivity index (χ3n) is 3.28. The lowest BCUT2D eigenvalue weighted by molar-refractivity contribution is 0.387. The van der Waals surface area contributed by atoms with E-state index in [4.69, 9.17) is 5.73 Å². The molecule has 1 saturated carbocycles. The van der Waals surface area contributed by atoms with Crippen molar-refractivity contribution in [2.75, 3.05) is 13.1 Å². The smallest absolute Gasteiger partial charge is 0.0158 e. The molecule has 1 heterocycles. The molecule has 2 aliphatic rings. The number of nitrogens with two attached hydrogens (primary N) is 1. The van der Waals surface area contributed by atoms with Crippen molar-refractivity contribution < 1.29 is 0 Å². The second-order valence-electron chi connectivity index (χ2n) is 4.61. The minimum Gasteiger partial charge on any atom is -0.325 e. The molecule has 12 heavy (non-hydrogen) atoms. The lowest BCUT2D eigenvalue weighted by Gasteiger charge is -2.17. The number of rotatable bonds is 2. The molecule has 0 aromatic heterocycles. The van der Waals surface area contributed by atoms with Crippen LogP contribution in [-0.4, -0.2) is 18.6 Å². The molecule has 2 nitrogen and oxygen atoms in total. The van der Waals surface area contributed by atoms with E-state index >= 15 is 0 Å². The molecular formula is C10H20N2. The molecule has 2 rings (SSSR count). The predicted octanol–water partition coefficient (Wildman–Crippen LogP) is 1.26. The van der Waals surface area contributed by atoms with Crippen molar-refractivity contribution in [3.05, 3.63) is 0 Å². The van der Waals surface area contributed by atoms with Crippen molar-refractivity contribution in [2.45, 2.75) is 44.1 Å². The van der Waals surface area contributed by atoms with Crippen molar-refractivity contribution in [1.29, 1.82) is 0 Å². The van der Waals surface area contributed by atoms with E-state index < -0.39 is 0 Å². The maximum absolute atomic E-state index is 6.11. The van der Waals surface area contributed by atoms with Gasteiger partial charge < -0.3 is 11.1 Å². The molecule has 1 saturated heterocycles. The third kappa shape index (κ3) is 2.20. The Kier molecular flexibility index (Phi) is 2.37. The van der Waals surface area contributed by atoms with Crippen molar-refractivity contribution in [1.82, 2.24) is 5.32 Å².